The molecule has 0 saturated carbocycles. The third-order valence-electron chi connectivity index (χ3n) is 3.44. The molecule has 1 heterocycles. The first-order chi connectivity index (χ1) is 9.33. The van der Waals surface area contributed by atoms with Gasteiger partial charge in [-0.2, -0.15) is 0 Å². The Morgan fingerprint density at radius 1 is 1.16 bits per heavy atom. The maximum atomic E-state index is 5.96. The Morgan fingerprint density at radius 3 is 2.53 bits per heavy atom. The van der Waals surface area contributed by atoms with Crippen molar-refractivity contribution in [3.63, 3.8) is 0 Å². The summed E-state index contributed by atoms with van der Waals surface area (Å²) in [5.74, 6) is 0.418. The van der Waals surface area contributed by atoms with Crippen LogP contribution in [0.4, 0.5) is 0 Å². The van der Waals surface area contributed by atoms with E-state index in [1.807, 2.05) is 11.3 Å². The number of hydrogen-bond donors (Lipinski definition) is 1. The van der Waals surface area contributed by atoms with Gasteiger partial charge < -0.3 is 5.73 Å². The SMILES string of the molecule is CCN(Cc1cccs1)CC(CN)c1ccccc1. The van der Waals surface area contributed by atoms with Crippen LogP contribution in [0.1, 0.15) is 23.3 Å². The van der Waals surface area contributed by atoms with Crippen molar-refractivity contribution in [1.29, 1.82) is 0 Å². The average Bonchev–Trinajstić information content (AvgIpc) is 2.97. The Bertz CT molecular complexity index is 453. The second kappa shape index (κ2) is 7.43. The Hall–Kier alpha value is -1.16. The van der Waals surface area contributed by atoms with Crippen LogP contribution in [0.5, 0.6) is 0 Å². The lowest BCUT2D eigenvalue weighted by molar-refractivity contribution is 0.264. The maximum absolute atomic E-state index is 5.96. The van der Waals surface area contributed by atoms with Crippen LogP contribution in [0, 0.1) is 0 Å². The second-order valence-corrected chi connectivity index (χ2v) is 5.78. The summed E-state index contributed by atoms with van der Waals surface area (Å²) in [5, 5.41) is 2.14. The van der Waals surface area contributed by atoms with Gasteiger partial charge in [-0.3, -0.25) is 4.90 Å². The zero-order valence-corrected chi connectivity index (χ0v) is 12.3. The first-order valence-electron chi connectivity index (χ1n) is 6.83. The lowest BCUT2D eigenvalue weighted by Crippen LogP contribution is -2.31. The van der Waals surface area contributed by atoms with E-state index < -0.39 is 0 Å². The van der Waals surface area contributed by atoms with Crippen molar-refractivity contribution in [1.82, 2.24) is 4.90 Å². The smallest absolute Gasteiger partial charge is 0.0328 e. The molecular weight excluding hydrogens is 252 g/mol. The van der Waals surface area contributed by atoms with E-state index in [4.69, 9.17) is 5.73 Å². The lowest BCUT2D eigenvalue weighted by Gasteiger charge is -2.25. The number of likely N-dealkylation sites (N-methyl/N-ethyl adjacent to an activating group) is 1. The fraction of sp³-hybridized carbons (Fsp3) is 0.375. The molecule has 0 bridgehead atoms. The lowest BCUT2D eigenvalue weighted by atomic mass is 9.98. The van der Waals surface area contributed by atoms with Crippen molar-refractivity contribution in [2.75, 3.05) is 19.6 Å². The number of benzene rings is 1. The van der Waals surface area contributed by atoms with Crippen molar-refractivity contribution in [3.05, 3.63) is 58.3 Å². The molecular formula is C16H22N2S. The highest BCUT2D eigenvalue weighted by Gasteiger charge is 2.14. The molecule has 0 radical (unpaired) electrons. The van der Waals surface area contributed by atoms with E-state index in [1.54, 1.807) is 0 Å². The molecule has 2 N–H and O–H groups in total. The maximum Gasteiger partial charge on any atom is 0.0328 e. The molecule has 102 valence electrons. The van der Waals surface area contributed by atoms with Crippen molar-refractivity contribution >= 4 is 11.3 Å². The van der Waals surface area contributed by atoms with Gasteiger partial charge in [-0.25, -0.2) is 0 Å². The van der Waals surface area contributed by atoms with Crippen LogP contribution in [0.15, 0.2) is 47.8 Å². The minimum absolute atomic E-state index is 0.418. The molecule has 1 atom stereocenters. The predicted molar refractivity (Wildman–Crippen MR) is 83.5 cm³/mol. The molecule has 0 saturated heterocycles. The highest BCUT2D eigenvalue weighted by Crippen LogP contribution is 2.18. The van der Waals surface area contributed by atoms with Crippen LogP contribution >= 0.6 is 11.3 Å². The first kappa shape index (κ1) is 14.3. The third-order valence-corrected chi connectivity index (χ3v) is 4.30. The van der Waals surface area contributed by atoms with Crippen molar-refractivity contribution in [2.45, 2.75) is 19.4 Å². The Kier molecular flexibility index (Phi) is 5.58. The monoisotopic (exact) mass is 274 g/mol. The van der Waals surface area contributed by atoms with Gasteiger partial charge in [0.2, 0.25) is 0 Å². The zero-order valence-electron chi connectivity index (χ0n) is 11.5. The minimum atomic E-state index is 0.418. The van der Waals surface area contributed by atoms with E-state index in [-0.39, 0.29) is 0 Å². The largest absolute Gasteiger partial charge is 0.330 e. The van der Waals surface area contributed by atoms with E-state index in [9.17, 15) is 0 Å². The topological polar surface area (TPSA) is 29.3 Å². The molecule has 2 aromatic rings. The molecule has 0 aliphatic carbocycles. The number of nitrogens with two attached hydrogens (primary N) is 1. The summed E-state index contributed by atoms with van der Waals surface area (Å²) in [6.07, 6.45) is 0. The van der Waals surface area contributed by atoms with Gasteiger partial charge in [0.1, 0.15) is 0 Å². The third kappa shape index (κ3) is 4.16. The van der Waals surface area contributed by atoms with Gasteiger partial charge in [-0.05, 0) is 23.6 Å². The van der Waals surface area contributed by atoms with Gasteiger partial charge in [-0.15, -0.1) is 11.3 Å². The summed E-state index contributed by atoms with van der Waals surface area (Å²) in [6, 6.07) is 14.9. The normalized spacial score (nSPS) is 12.8. The van der Waals surface area contributed by atoms with Crippen molar-refractivity contribution in [3.8, 4) is 0 Å². The van der Waals surface area contributed by atoms with E-state index in [0.29, 0.717) is 12.5 Å². The molecule has 2 rings (SSSR count). The Balaban J connectivity index is 1.99. The van der Waals surface area contributed by atoms with Crippen LogP contribution in [-0.4, -0.2) is 24.5 Å². The number of rotatable bonds is 7. The molecule has 0 spiro atoms. The highest BCUT2D eigenvalue weighted by atomic mass is 32.1. The van der Waals surface area contributed by atoms with Gasteiger partial charge in [0.25, 0.3) is 0 Å². The molecule has 1 aromatic carbocycles. The van der Waals surface area contributed by atoms with E-state index >= 15 is 0 Å². The molecule has 1 aromatic heterocycles. The Morgan fingerprint density at radius 2 is 1.95 bits per heavy atom. The molecule has 0 aliphatic rings. The Labute approximate surface area is 119 Å². The summed E-state index contributed by atoms with van der Waals surface area (Å²) >= 11 is 1.82. The molecule has 1 unspecified atom stereocenters. The standard InChI is InChI=1S/C16H22N2S/c1-2-18(13-16-9-6-10-19-16)12-15(11-17)14-7-4-3-5-8-14/h3-10,15H,2,11-13,17H2,1H3. The number of thiophene rings is 1. The number of nitrogens with zero attached hydrogens (tertiary/aromatic N) is 1. The molecule has 19 heavy (non-hydrogen) atoms. The van der Waals surface area contributed by atoms with Crippen LogP contribution in [0.25, 0.3) is 0 Å². The summed E-state index contributed by atoms with van der Waals surface area (Å²) in [6.45, 7) is 6.02. The second-order valence-electron chi connectivity index (χ2n) is 4.75. The van der Waals surface area contributed by atoms with Gasteiger partial charge in [0.05, 0.1) is 0 Å². The molecule has 0 aliphatic heterocycles. The zero-order chi connectivity index (χ0) is 13.5. The van der Waals surface area contributed by atoms with Crippen molar-refractivity contribution < 1.29 is 0 Å². The van der Waals surface area contributed by atoms with Crippen molar-refractivity contribution in [2.24, 2.45) is 5.73 Å². The highest BCUT2D eigenvalue weighted by molar-refractivity contribution is 7.09. The van der Waals surface area contributed by atoms with Gasteiger partial charge >= 0.3 is 0 Å². The van der Waals surface area contributed by atoms with Crippen LogP contribution in [0.2, 0.25) is 0 Å². The first-order valence-corrected chi connectivity index (χ1v) is 7.71. The van der Waals surface area contributed by atoms with Crippen LogP contribution in [-0.2, 0) is 6.54 Å². The van der Waals surface area contributed by atoms with Gasteiger partial charge in [-0.1, -0.05) is 43.3 Å². The molecule has 2 nitrogen and oxygen atoms in total. The van der Waals surface area contributed by atoms with E-state index in [2.05, 4.69) is 59.7 Å². The quantitative estimate of drug-likeness (QED) is 0.839. The summed E-state index contributed by atoms with van der Waals surface area (Å²) in [7, 11) is 0. The predicted octanol–water partition coefficient (Wildman–Crippen LogP) is 3.31. The fourth-order valence-corrected chi connectivity index (χ4v) is 3.03. The molecule has 3 heteroatoms. The van der Waals surface area contributed by atoms with Crippen LogP contribution in [0.3, 0.4) is 0 Å². The van der Waals surface area contributed by atoms with Gasteiger partial charge in [0, 0.05) is 30.4 Å². The van der Waals surface area contributed by atoms with E-state index in [0.717, 1.165) is 19.6 Å². The summed E-state index contributed by atoms with van der Waals surface area (Å²) in [5.41, 5.74) is 7.30. The fourth-order valence-electron chi connectivity index (χ4n) is 2.28. The molecule has 0 amide bonds. The van der Waals surface area contributed by atoms with Gasteiger partial charge in [0.15, 0.2) is 0 Å². The van der Waals surface area contributed by atoms with E-state index in [1.165, 1.54) is 10.4 Å². The molecule has 0 fully saturated rings. The average molecular weight is 274 g/mol. The number of hydrogen-bond acceptors (Lipinski definition) is 3. The minimum Gasteiger partial charge on any atom is -0.330 e. The van der Waals surface area contributed by atoms with Crippen LogP contribution < -0.4 is 5.73 Å². The summed E-state index contributed by atoms with van der Waals surface area (Å²) in [4.78, 5) is 3.89. The summed E-state index contributed by atoms with van der Waals surface area (Å²) < 4.78 is 0.